The van der Waals surface area contributed by atoms with Crippen LogP contribution in [-0.4, -0.2) is 44.3 Å². The molecule has 0 aliphatic carbocycles. The lowest BCUT2D eigenvalue weighted by Crippen LogP contribution is -2.32. The second-order valence-corrected chi connectivity index (χ2v) is 5.42. The molecule has 2 amide bonds. The minimum Gasteiger partial charge on any atom is -0.493 e. The van der Waals surface area contributed by atoms with Crippen LogP contribution in [0.1, 0.15) is 5.56 Å². The monoisotopic (exact) mass is 402 g/mol. The zero-order chi connectivity index (χ0) is 21.4. The first-order valence-corrected chi connectivity index (χ1v) is 8.08. The highest BCUT2D eigenvalue weighted by Crippen LogP contribution is 2.37. The van der Waals surface area contributed by atoms with E-state index in [-0.39, 0.29) is 11.4 Å². The van der Waals surface area contributed by atoms with E-state index in [1.807, 2.05) is 0 Å². The molecule has 2 aromatic carbocycles. The maximum Gasteiger partial charge on any atom is 0.329 e. The van der Waals surface area contributed by atoms with Gasteiger partial charge >= 0.3 is 11.8 Å². The molecule has 0 bridgehead atoms. The molecule has 0 aliphatic rings. The number of amides is 2. The molecule has 2 N–H and O–H groups in total. The van der Waals surface area contributed by atoms with Crippen LogP contribution in [0.25, 0.3) is 0 Å². The van der Waals surface area contributed by atoms with E-state index in [4.69, 9.17) is 14.2 Å². The molecular weight excluding hydrogens is 384 g/mol. The number of rotatable bonds is 7. The minimum absolute atomic E-state index is 0.137. The van der Waals surface area contributed by atoms with Crippen LogP contribution in [0.2, 0.25) is 0 Å². The van der Waals surface area contributed by atoms with Crippen molar-refractivity contribution >= 4 is 29.4 Å². The standard InChI is InChI=1S/C18H18N4O7/c1-27-14-8-11(9-15(28-2)16(14)29-3)10-19-21-18(24)17(23)20-12-4-6-13(7-5-12)22(25)26/h4-10H,1-3H3,(H,20,23)(H,21,24)/b19-10-. The van der Waals surface area contributed by atoms with Crippen LogP contribution in [-0.2, 0) is 9.59 Å². The summed E-state index contributed by atoms with van der Waals surface area (Å²) in [6.07, 6.45) is 1.29. The number of carbonyl (C=O) groups excluding carboxylic acids is 2. The summed E-state index contributed by atoms with van der Waals surface area (Å²) in [5.41, 5.74) is 2.69. The summed E-state index contributed by atoms with van der Waals surface area (Å²) in [6.45, 7) is 0. The van der Waals surface area contributed by atoms with Crippen LogP contribution in [0.5, 0.6) is 17.2 Å². The molecule has 0 aromatic heterocycles. The fourth-order valence-corrected chi connectivity index (χ4v) is 2.25. The predicted molar refractivity (Wildman–Crippen MR) is 104 cm³/mol. The Labute approximate surface area is 165 Å². The second kappa shape index (κ2) is 9.69. The van der Waals surface area contributed by atoms with Crippen LogP contribution in [0.3, 0.4) is 0 Å². The third-order valence-electron chi connectivity index (χ3n) is 3.61. The Kier molecular flexibility index (Phi) is 7.07. The number of hydrogen-bond acceptors (Lipinski definition) is 8. The van der Waals surface area contributed by atoms with Gasteiger partial charge in [0.05, 0.1) is 32.5 Å². The predicted octanol–water partition coefficient (Wildman–Crippen LogP) is 1.71. The smallest absolute Gasteiger partial charge is 0.329 e. The van der Waals surface area contributed by atoms with Crippen LogP contribution >= 0.6 is 0 Å². The molecule has 0 unspecified atom stereocenters. The summed E-state index contributed by atoms with van der Waals surface area (Å²) in [6, 6.07) is 8.24. The van der Waals surface area contributed by atoms with Crippen LogP contribution in [0, 0.1) is 10.1 Å². The molecule has 2 aromatic rings. The lowest BCUT2D eigenvalue weighted by Gasteiger charge is -2.12. The summed E-state index contributed by atoms with van der Waals surface area (Å²) < 4.78 is 15.6. The number of methoxy groups -OCH3 is 3. The SMILES string of the molecule is COc1cc(/C=N\NC(=O)C(=O)Nc2ccc([N+](=O)[O-])cc2)cc(OC)c1OC. The Hall–Kier alpha value is -4.15. The highest BCUT2D eigenvalue weighted by Gasteiger charge is 2.15. The van der Waals surface area contributed by atoms with Crippen LogP contribution in [0.15, 0.2) is 41.5 Å². The molecule has 0 aliphatic heterocycles. The first-order valence-electron chi connectivity index (χ1n) is 8.08. The summed E-state index contributed by atoms with van der Waals surface area (Å²) in [7, 11) is 4.39. The van der Waals surface area contributed by atoms with Gasteiger partial charge in [-0.05, 0) is 24.3 Å². The number of nitro benzene ring substituents is 1. The van der Waals surface area contributed by atoms with Crippen molar-refractivity contribution < 1.29 is 28.7 Å². The third kappa shape index (κ3) is 5.42. The number of benzene rings is 2. The average Bonchev–Trinajstić information content (AvgIpc) is 2.73. The van der Waals surface area contributed by atoms with Gasteiger partial charge in [0.25, 0.3) is 5.69 Å². The molecule has 0 saturated carbocycles. The zero-order valence-electron chi connectivity index (χ0n) is 15.8. The molecule has 152 valence electrons. The number of ether oxygens (including phenoxy) is 3. The number of nitrogens with one attached hydrogen (secondary N) is 2. The van der Waals surface area contributed by atoms with E-state index in [0.29, 0.717) is 22.8 Å². The first-order chi connectivity index (χ1) is 13.9. The van der Waals surface area contributed by atoms with Gasteiger partial charge in [-0.2, -0.15) is 5.10 Å². The van der Waals surface area contributed by atoms with Crippen molar-refractivity contribution in [3.05, 3.63) is 52.1 Å². The second-order valence-electron chi connectivity index (χ2n) is 5.42. The van der Waals surface area contributed by atoms with Gasteiger partial charge in [0.15, 0.2) is 11.5 Å². The van der Waals surface area contributed by atoms with Gasteiger partial charge in [0.1, 0.15) is 0 Å². The van der Waals surface area contributed by atoms with E-state index in [9.17, 15) is 19.7 Å². The third-order valence-corrected chi connectivity index (χ3v) is 3.61. The van der Waals surface area contributed by atoms with E-state index in [1.54, 1.807) is 12.1 Å². The van der Waals surface area contributed by atoms with Gasteiger partial charge < -0.3 is 19.5 Å². The molecular formula is C18H18N4O7. The average molecular weight is 402 g/mol. The van der Waals surface area contributed by atoms with Crippen molar-refractivity contribution in [3.63, 3.8) is 0 Å². The van der Waals surface area contributed by atoms with E-state index < -0.39 is 16.7 Å². The molecule has 0 fully saturated rings. The molecule has 2 rings (SSSR count). The Morgan fingerprint density at radius 1 is 1.00 bits per heavy atom. The van der Waals surface area contributed by atoms with Crippen molar-refractivity contribution in [3.8, 4) is 17.2 Å². The summed E-state index contributed by atoms with van der Waals surface area (Å²) in [5.74, 6) is -0.808. The summed E-state index contributed by atoms with van der Waals surface area (Å²) in [4.78, 5) is 33.8. The number of carbonyl (C=O) groups is 2. The van der Waals surface area contributed by atoms with Gasteiger partial charge in [0.2, 0.25) is 5.75 Å². The quantitative estimate of drug-likeness (QED) is 0.311. The number of nitro groups is 1. The number of hydrazone groups is 1. The molecule has 29 heavy (non-hydrogen) atoms. The number of hydrogen-bond donors (Lipinski definition) is 2. The first kappa shape index (κ1) is 21.2. The Balaban J connectivity index is 2.01. The number of nitrogens with zero attached hydrogens (tertiary/aromatic N) is 2. The largest absolute Gasteiger partial charge is 0.493 e. The topological polar surface area (TPSA) is 141 Å². The van der Waals surface area contributed by atoms with Gasteiger partial charge in [-0.3, -0.25) is 19.7 Å². The molecule has 11 nitrogen and oxygen atoms in total. The van der Waals surface area contributed by atoms with Crippen LogP contribution < -0.4 is 25.0 Å². The van der Waals surface area contributed by atoms with Crippen molar-refractivity contribution in [1.29, 1.82) is 0 Å². The molecule has 0 heterocycles. The Bertz CT molecular complexity index is 917. The van der Waals surface area contributed by atoms with Gasteiger partial charge in [-0.25, -0.2) is 5.43 Å². The fourth-order valence-electron chi connectivity index (χ4n) is 2.25. The van der Waals surface area contributed by atoms with E-state index in [1.165, 1.54) is 51.8 Å². The molecule has 0 saturated heterocycles. The molecule has 0 radical (unpaired) electrons. The summed E-state index contributed by atoms with van der Waals surface area (Å²) in [5, 5.41) is 16.6. The molecule has 11 heteroatoms. The van der Waals surface area contributed by atoms with E-state index >= 15 is 0 Å². The maximum absolute atomic E-state index is 11.9. The molecule has 0 spiro atoms. The summed E-state index contributed by atoms with van der Waals surface area (Å²) >= 11 is 0. The highest BCUT2D eigenvalue weighted by atomic mass is 16.6. The van der Waals surface area contributed by atoms with Crippen molar-refractivity contribution in [2.45, 2.75) is 0 Å². The fraction of sp³-hybridized carbons (Fsp3) is 0.167. The van der Waals surface area contributed by atoms with Crippen molar-refractivity contribution in [1.82, 2.24) is 5.43 Å². The molecule has 0 atom stereocenters. The van der Waals surface area contributed by atoms with Crippen molar-refractivity contribution in [2.75, 3.05) is 26.6 Å². The Morgan fingerprint density at radius 3 is 2.07 bits per heavy atom. The van der Waals surface area contributed by atoms with Crippen molar-refractivity contribution in [2.24, 2.45) is 5.10 Å². The normalized spacial score (nSPS) is 10.3. The lowest BCUT2D eigenvalue weighted by atomic mass is 10.2. The Morgan fingerprint density at radius 2 is 1.59 bits per heavy atom. The zero-order valence-corrected chi connectivity index (χ0v) is 15.8. The van der Waals surface area contributed by atoms with E-state index in [2.05, 4.69) is 15.8 Å². The number of non-ortho nitro benzene ring substituents is 1. The highest BCUT2D eigenvalue weighted by molar-refractivity contribution is 6.39. The van der Waals surface area contributed by atoms with E-state index in [0.717, 1.165) is 0 Å². The van der Waals surface area contributed by atoms with Gasteiger partial charge in [0, 0.05) is 23.4 Å². The number of anilines is 1. The maximum atomic E-state index is 11.9. The minimum atomic E-state index is -1.02. The van der Waals surface area contributed by atoms with Gasteiger partial charge in [-0.1, -0.05) is 0 Å². The lowest BCUT2D eigenvalue weighted by molar-refractivity contribution is -0.384. The van der Waals surface area contributed by atoms with Crippen LogP contribution in [0.4, 0.5) is 11.4 Å². The van der Waals surface area contributed by atoms with Gasteiger partial charge in [-0.15, -0.1) is 0 Å².